The summed E-state index contributed by atoms with van der Waals surface area (Å²) in [6, 6.07) is 0. The van der Waals surface area contributed by atoms with E-state index in [9.17, 15) is 76.3 Å². The molecule has 0 aromatic rings. The van der Waals surface area contributed by atoms with Crippen LogP contribution in [-0.2, 0) is 33.2 Å². The van der Waals surface area contributed by atoms with E-state index in [1.165, 1.54) is 0 Å². The highest BCUT2D eigenvalue weighted by Gasteiger charge is 2.72. The van der Waals surface area contributed by atoms with E-state index >= 15 is 0 Å². The highest BCUT2D eigenvalue weighted by Crippen LogP contribution is 2.76. The Bertz CT molecular complexity index is 1890. The molecule has 7 fully saturated rings. The van der Waals surface area contributed by atoms with Crippen LogP contribution in [0.25, 0.3) is 0 Å². The van der Waals surface area contributed by atoms with Gasteiger partial charge in [-0.1, -0.05) is 53.2 Å². The number of hydrogen-bond donors (Lipinski definition) is 14. The summed E-state index contributed by atoms with van der Waals surface area (Å²) in [4.78, 5) is 14.7. The summed E-state index contributed by atoms with van der Waals surface area (Å²) in [7, 11) is 0. The summed E-state index contributed by atoms with van der Waals surface area (Å²) in [6.45, 7) is 9.57. The van der Waals surface area contributed by atoms with E-state index < -0.39 is 181 Å². The fourth-order valence-corrected chi connectivity index (χ4v) is 15.2. The molecule has 0 unspecified atom stereocenters. The van der Waals surface area contributed by atoms with Crippen molar-refractivity contribution in [3.8, 4) is 0 Å². The lowest BCUT2D eigenvalue weighted by molar-refractivity contribution is -0.375. The van der Waals surface area contributed by atoms with Gasteiger partial charge in [0, 0.05) is 11.3 Å². The third kappa shape index (κ3) is 8.11. The Labute approximate surface area is 401 Å². The number of ether oxygens (including phenoxy) is 6. The van der Waals surface area contributed by atoms with Gasteiger partial charge in [0.1, 0.15) is 73.2 Å². The first-order chi connectivity index (χ1) is 32.3. The zero-order valence-electron chi connectivity index (χ0n) is 40.3. The number of carbonyl (C=O) groups excluding carboxylic acids is 1. The van der Waals surface area contributed by atoms with Crippen LogP contribution in [0, 0.1) is 50.2 Å². The molecule has 8 rings (SSSR count). The molecule has 3 saturated heterocycles. The van der Waals surface area contributed by atoms with Crippen LogP contribution in [0.1, 0.15) is 92.9 Å². The molecule has 0 bridgehead atoms. The number of hydrogen-bond acceptors (Lipinski definition) is 21. The second kappa shape index (κ2) is 19.0. The maximum absolute atomic E-state index is 14.7. The summed E-state index contributed by atoms with van der Waals surface area (Å²) < 4.78 is 35.1. The number of esters is 1. The molecule has 4 saturated carbocycles. The number of allylic oxidation sites excluding steroid dienone is 1. The molecular weight excluding hydrogens is 913 g/mol. The minimum Gasteiger partial charge on any atom is -0.432 e. The third-order valence-corrected chi connectivity index (χ3v) is 19.6. The van der Waals surface area contributed by atoms with E-state index in [4.69, 9.17) is 28.4 Å². The van der Waals surface area contributed by atoms with Crippen LogP contribution in [0.15, 0.2) is 11.6 Å². The van der Waals surface area contributed by atoms with Crippen molar-refractivity contribution in [1.29, 1.82) is 0 Å². The van der Waals surface area contributed by atoms with Crippen molar-refractivity contribution in [3.63, 3.8) is 0 Å². The SMILES string of the molecule is CC1(C)CC[C@]2(C(=O)O[C@@H]3O[C@H](CO)[C@@H](O)[C@H](O)[C@H]3O)CC[C@]3(C)C(=CC[C@@H]4[C@@]5(C)C[C@@H](O)[C@H](O[C@@H]6O[C@H](CO)[C@H](O)[C@H](O[C@@H]7O[C@H](CO)[C@@H](O)[C@H](O)[C@H]7O)[C@H]6O)[C@@](C)(CO)[C@@H]5CC[C@]43C)[C@@H]2[C@@H]1O. The van der Waals surface area contributed by atoms with Crippen LogP contribution in [0.2, 0.25) is 0 Å². The van der Waals surface area contributed by atoms with Crippen molar-refractivity contribution < 1.29 is 105 Å². The van der Waals surface area contributed by atoms with Gasteiger partial charge >= 0.3 is 5.97 Å². The maximum atomic E-state index is 14.7. The van der Waals surface area contributed by atoms with Gasteiger partial charge < -0.3 is 99.9 Å². The first-order valence-electron chi connectivity index (χ1n) is 24.7. The highest BCUT2D eigenvalue weighted by molar-refractivity contribution is 5.79. The second-order valence-corrected chi connectivity index (χ2v) is 23.5. The molecule has 21 heteroatoms. The van der Waals surface area contributed by atoms with Gasteiger partial charge in [-0.3, -0.25) is 4.79 Å². The average molecular weight is 991 g/mol. The van der Waals surface area contributed by atoms with Gasteiger partial charge in [0.25, 0.3) is 0 Å². The van der Waals surface area contributed by atoms with Crippen LogP contribution >= 0.6 is 0 Å². The molecule has 69 heavy (non-hydrogen) atoms. The van der Waals surface area contributed by atoms with Crippen LogP contribution in [-0.4, -0.2) is 214 Å². The van der Waals surface area contributed by atoms with Crippen molar-refractivity contribution in [2.45, 2.75) is 203 Å². The lowest BCUT2D eigenvalue weighted by Gasteiger charge is -2.72. The lowest BCUT2D eigenvalue weighted by atomic mass is 9.33. The van der Waals surface area contributed by atoms with Gasteiger partial charge in [0.05, 0.1) is 50.2 Å². The molecule has 8 aliphatic rings. The van der Waals surface area contributed by atoms with E-state index in [0.717, 1.165) is 5.57 Å². The molecule has 0 radical (unpaired) electrons. The van der Waals surface area contributed by atoms with Crippen LogP contribution < -0.4 is 0 Å². The van der Waals surface area contributed by atoms with Crippen molar-refractivity contribution in [3.05, 3.63) is 11.6 Å². The van der Waals surface area contributed by atoms with Crippen LogP contribution in [0.4, 0.5) is 0 Å². The molecule has 14 N–H and O–H groups in total. The minimum atomic E-state index is -1.88. The molecule has 3 heterocycles. The van der Waals surface area contributed by atoms with Gasteiger partial charge in [-0.15, -0.1) is 0 Å². The Morgan fingerprint density at radius 2 is 1.16 bits per heavy atom. The van der Waals surface area contributed by atoms with Crippen molar-refractivity contribution >= 4 is 5.97 Å². The topological polar surface area (TPSA) is 356 Å². The Balaban J connectivity index is 1.07. The Kier molecular flexibility index (Phi) is 14.8. The van der Waals surface area contributed by atoms with Gasteiger partial charge in [-0.2, -0.15) is 0 Å². The fourth-order valence-electron chi connectivity index (χ4n) is 15.2. The van der Waals surface area contributed by atoms with E-state index in [2.05, 4.69) is 26.8 Å². The maximum Gasteiger partial charge on any atom is 0.315 e. The van der Waals surface area contributed by atoms with Crippen LogP contribution in [0.3, 0.4) is 0 Å². The smallest absolute Gasteiger partial charge is 0.315 e. The third-order valence-electron chi connectivity index (χ3n) is 19.6. The molecule has 0 amide bonds. The standard InChI is InChI=1S/C48H78O21/c1-43(2)11-13-48(42(63)69-40-34(60)32(58)29(55)23(17-50)65-40)14-12-46(5)20(27(48)37(43)62)7-8-26-44(3)15-21(53)38(45(4,19-52)25(44)9-10-47(26,46)6)68-41-35(61)36(30(56)24(18-51)66-41)67-39-33(59)31(57)28(54)22(16-49)64-39/h7,21-41,49-62H,8-19H2,1-6H3/t21-,22-,23-,24-,25-,26-,27-,28-,29-,30+,31+,32+,33-,34-,35-,36+,37+,38+,39+,40+,41+,44+,45+,46-,47-,48+/m1/s1. The van der Waals surface area contributed by atoms with Crippen molar-refractivity contribution in [1.82, 2.24) is 0 Å². The van der Waals surface area contributed by atoms with Gasteiger partial charge in [-0.25, -0.2) is 0 Å². The molecule has 0 aromatic heterocycles. The predicted molar refractivity (Wildman–Crippen MR) is 234 cm³/mol. The van der Waals surface area contributed by atoms with Gasteiger partial charge in [0.15, 0.2) is 12.6 Å². The molecule has 5 aliphatic carbocycles. The van der Waals surface area contributed by atoms with E-state index in [0.29, 0.717) is 44.9 Å². The summed E-state index contributed by atoms with van der Waals surface area (Å²) in [5.74, 6) is -1.83. The fraction of sp³-hybridized carbons (Fsp3) is 0.938. The molecule has 21 nitrogen and oxygen atoms in total. The number of aliphatic hydroxyl groups excluding tert-OH is 14. The van der Waals surface area contributed by atoms with Crippen molar-refractivity contribution in [2.75, 3.05) is 26.4 Å². The number of carbonyl (C=O) groups is 1. The monoisotopic (exact) mass is 991 g/mol. The van der Waals surface area contributed by atoms with E-state index in [-0.39, 0.29) is 18.3 Å². The molecule has 0 aromatic carbocycles. The quantitative estimate of drug-likeness (QED) is 0.0591. The van der Waals surface area contributed by atoms with Gasteiger partial charge in [0.2, 0.25) is 6.29 Å². The van der Waals surface area contributed by atoms with E-state index in [1.807, 2.05) is 20.8 Å². The summed E-state index contributed by atoms with van der Waals surface area (Å²) >= 11 is 0. The summed E-state index contributed by atoms with van der Waals surface area (Å²) in [6.07, 6.45) is -22.9. The summed E-state index contributed by atoms with van der Waals surface area (Å²) in [5.41, 5.74) is -3.85. The first kappa shape index (κ1) is 53.7. The molecule has 0 spiro atoms. The zero-order valence-corrected chi connectivity index (χ0v) is 40.3. The summed E-state index contributed by atoms with van der Waals surface area (Å²) in [5, 5.41) is 152. The number of rotatable bonds is 10. The van der Waals surface area contributed by atoms with Gasteiger partial charge in [-0.05, 0) is 84.9 Å². The normalized spacial score (nSPS) is 55.1. The average Bonchev–Trinajstić information content (AvgIpc) is 3.31. The first-order valence-corrected chi connectivity index (χ1v) is 24.7. The zero-order chi connectivity index (χ0) is 50.7. The number of aliphatic hydroxyl groups is 14. The molecule has 26 atom stereocenters. The molecular formula is C48H78O21. The Morgan fingerprint density at radius 1 is 0.623 bits per heavy atom. The van der Waals surface area contributed by atoms with Crippen LogP contribution in [0.5, 0.6) is 0 Å². The van der Waals surface area contributed by atoms with E-state index in [1.54, 1.807) is 0 Å². The minimum absolute atomic E-state index is 0.108. The predicted octanol–water partition coefficient (Wildman–Crippen LogP) is -2.95. The number of fused-ring (bicyclic) bond motifs is 7. The Morgan fingerprint density at radius 3 is 1.74 bits per heavy atom. The lowest BCUT2D eigenvalue weighted by Crippen LogP contribution is -2.70. The molecule has 3 aliphatic heterocycles. The largest absolute Gasteiger partial charge is 0.432 e. The Hall–Kier alpha value is -1.55. The molecule has 396 valence electrons. The van der Waals surface area contributed by atoms with Crippen molar-refractivity contribution in [2.24, 2.45) is 50.2 Å². The highest BCUT2D eigenvalue weighted by atomic mass is 16.7. The second-order valence-electron chi connectivity index (χ2n) is 23.5.